The highest BCUT2D eigenvalue weighted by molar-refractivity contribution is 5.94. The number of carbonyl (C=O) groups is 2. The first-order valence-corrected chi connectivity index (χ1v) is 9.46. The summed E-state index contributed by atoms with van der Waals surface area (Å²) in [6.45, 7) is 1.64. The van der Waals surface area contributed by atoms with Gasteiger partial charge < -0.3 is 19.3 Å². The summed E-state index contributed by atoms with van der Waals surface area (Å²) >= 11 is 0. The number of nitro groups is 1. The van der Waals surface area contributed by atoms with Gasteiger partial charge in [0.25, 0.3) is 11.6 Å². The second-order valence-electron chi connectivity index (χ2n) is 6.99. The van der Waals surface area contributed by atoms with E-state index in [1.807, 2.05) is 0 Å². The number of anilines is 1. The summed E-state index contributed by atoms with van der Waals surface area (Å²) < 4.78 is 10.8. The van der Waals surface area contributed by atoms with Crippen molar-refractivity contribution in [3.05, 3.63) is 69.8 Å². The molecule has 0 saturated carbocycles. The number of hydrogen-bond donors (Lipinski definition) is 0. The molecule has 2 aromatic carbocycles. The van der Waals surface area contributed by atoms with Crippen LogP contribution >= 0.6 is 0 Å². The molecule has 1 aliphatic rings. The molecule has 9 heteroatoms. The minimum atomic E-state index is -1.15. The van der Waals surface area contributed by atoms with Crippen LogP contribution in [0.15, 0.2) is 48.5 Å². The maximum atomic E-state index is 13.1. The number of nitrogens with zero attached hydrogens (tertiary/aromatic N) is 3. The van der Waals surface area contributed by atoms with Crippen molar-refractivity contribution in [2.45, 2.75) is 6.10 Å². The molecule has 0 aliphatic carbocycles. The smallest absolute Gasteiger partial charge is 0.339 e. The van der Waals surface area contributed by atoms with Gasteiger partial charge >= 0.3 is 5.97 Å². The number of esters is 1. The van der Waals surface area contributed by atoms with Gasteiger partial charge in [-0.2, -0.15) is 0 Å². The molecule has 0 bridgehead atoms. The Morgan fingerprint density at radius 1 is 1.13 bits per heavy atom. The van der Waals surface area contributed by atoms with Crippen LogP contribution in [0.4, 0.5) is 11.4 Å². The minimum absolute atomic E-state index is 0.00279. The van der Waals surface area contributed by atoms with E-state index in [2.05, 4.69) is 0 Å². The fourth-order valence-electron chi connectivity index (χ4n) is 3.19. The number of amides is 1. The Kier molecular flexibility index (Phi) is 6.63. The van der Waals surface area contributed by atoms with Crippen molar-refractivity contribution in [2.75, 3.05) is 45.3 Å². The molecule has 1 saturated heterocycles. The molecule has 1 atom stereocenters. The quantitative estimate of drug-likeness (QED) is 0.407. The van der Waals surface area contributed by atoms with Crippen molar-refractivity contribution in [3.63, 3.8) is 0 Å². The summed E-state index contributed by atoms with van der Waals surface area (Å²) in [4.78, 5) is 39.9. The predicted molar refractivity (Wildman–Crippen MR) is 109 cm³/mol. The number of rotatable bonds is 6. The first-order valence-electron chi connectivity index (χ1n) is 9.46. The predicted octanol–water partition coefficient (Wildman–Crippen LogP) is 2.42. The molecule has 1 amide bonds. The normalized spacial score (nSPS) is 14.7. The van der Waals surface area contributed by atoms with Gasteiger partial charge in [-0.25, -0.2) is 4.79 Å². The van der Waals surface area contributed by atoms with Crippen molar-refractivity contribution < 1.29 is 24.0 Å². The Morgan fingerprint density at radius 2 is 1.80 bits per heavy atom. The molecule has 1 heterocycles. The van der Waals surface area contributed by atoms with Crippen LogP contribution < -0.4 is 4.90 Å². The van der Waals surface area contributed by atoms with E-state index in [9.17, 15) is 19.7 Å². The van der Waals surface area contributed by atoms with Crippen LogP contribution in [0.1, 0.15) is 22.0 Å². The van der Waals surface area contributed by atoms with Gasteiger partial charge in [-0.05, 0) is 12.1 Å². The van der Waals surface area contributed by atoms with E-state index in [1.165, 1.54) is 18.2 Å². The standard InChI is InChI=1S/C21H23N3O6/c1-22(2)17-9-8-16(14-18(17)24(27)28)21(26)30-19(15-6-4-3-5-7-15)20(25)23-10-12-29-13-11-23/h3-9,14,19H,10-13H2,1-2H3/t19-/m1/s1. The minimum Gasteiger partial charge on any atom is -0.444 e. The molecule has 0 radical (unpaired) electrons. The lowest BCUT2D eigenvalue weighted by atomic mass is 10.1. The van der Waals surface area contributed by atoms with Crippen molar-refractivity contribution in [2.24, 2.45) is 0 Å². The number of nitro benzene ring substituents is 1. The molecule has 0 spiro atoms. The number of ether oxygens (including phenoxy) is 2. The second-order valence-corrected chi connectivity index (χ2v) is 6.99. The maximum absolute atomic E-state index is 13.1. The summed E-state index contributed by atoms with van der Waals surface area (Å²) in [6, 6.07) is 12.8. The molecule has 3 rings (SSSR count). The molecule has 0 aromatic heterocycles. The van der Waals surface area contributed by atoms with E-state index in [0.29, 0.717) is 37.6 Å². The molecule has 2 aromatic rings. The molecule has 1 aliphatic heterocycles. The molecule has 1 fully saturated rings. The summed E-state index contributed by atoms with van der Waals surface area (Å²) in [5.41, 5.74) is 0.676. The summed E-state index contributed by atoms with van der Waals surface area (Å²) in [5.74, 6) is -1.16. The Labute approximate surface area is 173 Å². The third kappa shape index (κ3) is 4.74. The van der Waals surface area contributed by atoms with E-state index in [4.69, 9.17) is 9.47 Å². The van der Waals surface area contributed by atoms with E-state index < -0.39 is 17.0 Å². The van der Waals surface area contributed by atoms with Crippen LogP contribution in [-0.2, 0) is 14.3 Å². The van der Waals surface area contributed by atoms with Crippen molar-refractivity contribution in [1.82, 2.24) is 4.90 Å². The van der Waals surface area contributed by atoms with Crippen LogP contribution in [0.3, 0.4) is 0 Å². The van der Waals surface area contributed by atoms with Crippen LogP contribution in [0.5, 0.6) is 0 Å². The van der Waals surface area contributed by atoms with Gasteiger partial charge in [-0.1, -0.05) is 30.3 Å². The Balaban J connectivity index is 1.89. The molecule has 9 nitrogen and oxygen atoms in total. The van der Waals surface area contributed by atoms with Gasteiger partial charge in [0, 0.05) is 38.8 Å². The van der Waals surface area contributed by atoms with Gasteiger partial charge in [0.2, 0.25) is 6.10 Å². The number of morpholine rings is 1. The van der Waals surface area contributed by atoms with Crippen LogP contribution in [-0.4, -0.2) is 62.1 Å². The maximum Gasteiger partial charge on any atom is 0.339 e. The zero-order valence-electron chi connectivity index (χ0n) is 16.8. The summed E-state index contributed by atoms with van der Waals surface area (Å²) in [5, 5.41) is 11.4. The number of hydrogen-bond acceptors (Lipinski definition) is 7. The monoisotopic (exact) mass is 413 g/mol. The topological polar surface area (TPSA) is 102 Å². The van der Waals surface area contributed by atoms with Crippen LogP contribution in [0.25, 0.3) is 0 Å². The van der Waals surface area contributed by atoms with E-state index in [0.717, 1.165) is 0 Å². The average molecular weight is 413 g/mol. The zero-order valence-corrected chi connectivity index (χ0v) is 16.8. The largest absolute Gasteiger partial charge is 0.444 e. The highest BCUT2D eigenvalue weighted by atomic mass is 16.6. The Bertz CT molecular complexity index is 926. The van der Waals surface area contributed by atoms with E-state index >= 15 is 0 Å². The average Bonchev–Trinajstić information content (AvgIpc) is 2.77. The molecule has 158 valence electrons. The van der Waals surface area contributed by atoms with Crippen molar-refractivity contribution >= 4 is 23.3 Å². The lowest BCUT2D eigenvalue weighted by Gasteiger charge is -2.30. The summed E-state index contributed by atoms with van der Waals surface area (Å²) in [6.07, 6.45) is -1.15. The molecule has 30 heavy (non-hydrogen) atoms. The van der Waals surface area contributed by atoms with Gasteiger partial charge in [-0.15, -0.1) is 0 Å². The lowest BCUT2D eigenvalue weighted by molar-refractivity contribution is -0.384. The van der Waals surface area contributed by atoms with Crippen molar-refractivity contribution in [3.8, 4) is 0 Å². The van der Waals surface area contributed by atoms with E-state index in [1.54, 1.807) is 54.2 Å². The molecular formula is C21H23N3O6. The van der Waals surface area contributed by atoms with Crippen LogP contribution in [0.2, 0.25) is 0 Å². The highest BCUT2D eigenvalue weighted by Gasteiger charge is 2.31. The van der Waals surface area contributed by atoms with Crippen molar-refractivity contribution in [1.29, 1.82) is 0 Å². The fraction of sp³-hybridized carbons (Fsp3) is 0.333. The SMILES string of the molecule is CN(C)c1ccc(C(=O)O[C@@H](C(=O)N2CCOCC2)c2ccccc2)cc1[N+](=O)[O-]. The third-order valence-electron chi connectivity index (χ3n) is 4.76. The first kappa shape index (κ1) is 21.3. The highest BCUT2D eigenvalue weighted by Crippen LogP contribution is 2.29. The zero-order chi connectivity index (χ0) is 21.7. The van der Waals surface area contributed by atoms with Gasteiger partial charge in [0.05, 0.1) is 23.7 Å². The number of carbonyl (C=O) groups excluding carboxylic acids is 2. The third-order valence-corrected chi connectivity index (χ3v) is 4.76. The number of benzene rings is 2. The van der Waals surface area contributed by atoms with Gasteiger partial charge in [0.1, 0.15) is 5.69 Å². The van der Waals surface area contributed by atoms with Gasteiger partial charge in [-0.3, -0.25) is 14.9 Å². The molecule has 0 N–H and O–H groups in total. The summed E-state index contributed by atoms with van der Waals surface area (Å²) in [7, 11) is 3.35. The first-order chi connectivity index (χ1) is 14.4. The van der Waals surface area contributed by atoms with Crippen LogP contribution in [0, 0.1) is 10.1 Å². The Morgan fingerprint density at radius 3 is 2.40 bits per heavy atom. The fourth-order valence-corrected chi connectivity index (χ4v) is 3.19. The second kappa shape index (κ2) is 9.36. The molecular weight excluding hydrogens is 390 g/mol. The van der Waals surface area contributed by atoms with Gasteiger partial charge in [0.15, 0.2) is 0 Å². The molecule has 0 unspecified atom stereocenters. The lowest BCUT2D eigenvalue weighted by Crippen LogP contribution is -2.44. The van der Waals surface area contributed by atoms with E-state index in [-0.39, 0.29) is 17.2 Å². The Hall–Kier alpha value is -3.46.